The van der Waals surface area contributed by atoms with Crippen molar-refractivity contribution in [3.63, 3.8) is 0 Å². The summed E-state index contributed by atoms with van der Waals surface area (Å²) in [5, 5.41) is 9.70. The molecule has 0 fully saturated rings. The van der Waals surface area contributed by atoms with E-state index in [0.29, 0.717) is 0 Å². The molecule has 0 aliphatic heterocycles. The van der Waals surface area contributed by atoms with Gasteiger partial charge in [0.25, 0.3) is 0 Å². The van der Waals surface area contributed by atoms with E-state index in [-0.39, 0.29) is 35.9 Å². The van der Waals surface area contributed by atoms with E-state index in [1.807, 2.05) is 0 Å². The van der Waals surface area contributed by atoms with Gasteiger partial charge in [-0.1, -0.05) is 12.1 Å². The summed E-state index contributed by atoms with van der Waals surface area (Å²) < 4.78 is 41.0. The fraction of sp³-hybridized carbons (Fsp3) is 0.455. The van der Waals surface area contributed by atoms with E-state index in [4.69, 9.17) is 10.5 Å². The standard InChI is InChI=1S/C11H14F3NO2.ClH/c1-17-9-4-2-3-7(10(9)16)8(15)5-6-11(12,13)14;/h2-4,8,16H,5-6,15H2,1H3;1H/t8-;/m0./s1. The van der Waals surface area contributed by atoms with E-state index in [9.17, 15) is 18.3 Å². The molecule has 3 N–H and O–H groups in total. The van der Waals surface area contributed by atoms with Crippen molar-refractivity contribution >= 4 is 12.4 Å². The van der Waals surface area contributed by atoms with Gasteiger partial charge in [0.2, 0.25) is 0 Å². The predicted molar refractivity (Wildman–Crippen MR) is 64.1 cm³/mol. The number of halogens is 4. The third kappa shape index (κ3) is 4.62. The van der Waals surface area contributed by atoms with Gasteiger partial charge in [0, 0.05) is 18.0 Å². The van der Waals surface area contributed by atoms with Crippen LogP contribution in [0, 0.1) is 0 Å². The van der Waals surface area contributed by atoms with Crippen LogP contribution in [0.3, 0.4) is 0 Å². The summed E-state index contributed by atoms with van der Waals surface area (Å²) in [5.74, 6) is -0.00497. The maximum Gasteiger partial charge on any atom is 0.389 e. The molecule has 1 rings (SSSR count). The molecule has 18 heavy (non-hydrogen) atoms. The topological polar surface area (TPSA) is 55.5 Å². The Morgan fingerprint density at radius 2 is 2.00 bits per heavy atom. The molecule has 0 amide bonds. The number of phenols is 1. The minimum Gasteiger partial charge on any atom is -0.504 e. The summed E-state index contributed by atoms with van der Waals surface area (Å²) in [6, 6.07) is 3.70. The van der Waals surface area contributed by atoms with Gasteiger partial charge in [0.1, 0.15) is 0 Å². The number of ether oxygens (including phenoxy) is 1. The first-order valence-electron chi connectivity index (χ1n) is 5.03. The van der Waals surface area contributed by atoms with Crippen LogP contribution in [0.15, 0.2) is 18.2 Å². The molecular weight excluding hydrogens is 271 g/mol. The molecule has 0 aliphatic rings. The number of rotatable bonds is 4. The predicted octanol–water partition coefficient (Wildman–Crippen LogP) is 3.16. The molecule has 1 aromatic carbocycles. The highest BCUT2D eigenvalue weighted by atomic mass is 35.5. The van der Waals surface area contributed by atoms with Crippen LogP contribution in [0.4, 0.5) is 13.2 Å². The van der Waals surface area contributed by atoms with Crippen molar-refractivity contribution in [3.8, 4) is 11.5 Å². The summed E-state index contributed by atoms with van der Waals surface area (Å²) in [4.78, 5) is 0. The number of hydrogen-bond acceptors (Lipinski definition) is 3. The molecule has 0 unspecified atom stereocenters. The zero-order valence-corrected chi connectivity index (χ0v) is 10.5. The smallest absolute Gasteiger partial charge is 0.389 e. The molecule has 0 aliphatic carbocycles. The first kappa shape index (κ1) is 16.9. The molecule has 7 heteroatoms. The molecule has 1 aromatic rings. The van der Waals surface area contributed by atoms with E-state index in [1.54, 1.807) is 6.07 Å². The van der Waals surface area contributed by atoms with Gasteiger partial charge in [-0.05, 0) is 12.5 Å². The lowest BCUT2D eigenvalue weighted by atomic mass is 10.0. The number of aromatic hydroxyl groups is 1. The van der Waals surface area contributed by atoms with Crippen molar-refractivity contribution in [2.24, 2.45) is 5.73 Å². The minimum atomic E-state index is -4.24. The van der Waals surface area contributed by atoms with E-state index >= 15 is 0 Å². The quantitative estimate of drug-likeness (QED) is 0.893. The fourth-order valence-electron chi connectivity index (χ4n) is 1.48. The van der Waals surface area contributed by atoms with Crippen LogP contribution < -0.4 is 10.5 Å². The molecule has 0 radical (unpaired) electrons. The average Bonchev–Trinajstić information content (AvgIpc) is 2.25. The highest BCUT2D eigenvalue weighted by Crippen LogP contribution is 2.35. The lowest BCUT2D eigenvalue weighted by Gasteiger charge is -2.16. The second-order valence-corrected chi connectivity index (χ2v) is 3.66. The summed E-state index contributed by atoms with van der Waals surface area (Å²) >= 11 is 0. The van der Waals surface area contributed by atoms with Gasteiger partial charge >= 0.3 is 6.18 Å². The van der Waals surface area contributed by atoms with Gasteiger partial charge in [-0.25, -0.2) is 0 Å². The van der Waals surface area contributed by atoms with Gasteiger partial charge in [-0.15, -0.1) is 12.4 Å². The van der Waals surface area contributed by atoms with Crippen LogP contribution in [0.5, 0.6) is 11.5 Å². The molecular formula is C11H15ClF3NO2. The van der Waals surface area contributed by atoms with Crippen molar-refractivity contribution in [1.82, 2.24) is 0 Å². The second kappa shape index (κ2) is 6.70. The SMILES string of the molecule is COc1cccc([C@@H](N)CCC(F)(F)F)c1O.Cl. The van der Waals surface area contributed by atoms with Crippen molar-refractivity contribution in [3.05, 3.63) is 23.8 Å². The second-order valence-electron chi connectivity index (χ2n) is 3.66. The van der Waals surface area contributed by atoms with Gasteiger partial charge < -0.3 is 15.6 Å². The molecule has 0 saturated carbocycles. The number of nitrogens with two attached hydrogens (primary N) is 1. The van der Waals surface area contributed by atoms with Crippen LogP contribution in [-0.2, 0) is 0 Å². The third-order valence-corrected chi connectivity index (χ3v) is 2.39. The normalized spacial score (nSPS) is 12.7. The molecule has 1 atom stereocenters. The van der Waals surface area contributed by atoms with Gasteiger partial charge in [-0.3, -0.25) is 0 Å². The third-order valence-electron chi connectivity index (χ3n) is 2.39. The van der Waals surface area contributed by atoms with E-state index < -0.39 is 18.6 Å². The van der Waals surface area contributed by atoms with Crippen molar-refractivity contribution in [2.75, 3.05) is 7.11 Å². The Balaban J connectivity index is 0.00000289. The van der Waals surface area contributed by atoms with Crippen LogP contribution >= 0.6 is 12.4 Å². The van der Waals surface area contributed by atoms with Crippen molar-refractivity contribution < 1.29 is 23.0 Å². The Hall–Kier alpha value is -1.14. The molecule has 3 nitrogen and oxygen atoms in total. The highest BCUT2D eigenvalue weighted by Gasteiger charge is 2.28. The average molecular weight is 286 g/mol. The summed E-state index contributed by atoms with van der Waals surface area (Å²) in [6.45, 7) is 0. The van der Waals surface area contributed by atoms with E-state index in [0.717, 1.165) is 0 Å². The Morgan fingerprint density at radius 3 is 2.50 bits per heavy atom. The zero-order valence-electron chi connectivity index (χ0n) is 9.70. The number of hydrogen-bond donors (Lipinski definition) is 2. The molecule has 0 bridgehead atoms. The van der Waals surface area contributed by atoms with Crippen molar-refractivity contribution in [1.29, 1.82) is 0 Å². The lowest BCUT2D eigenvalue weighted by molar-refractivity contribution is -0.136. The number of methoxy groups -OCH3 is 1. The summed E-state index contributed by atoms with van der Waals surface area (Å²) in [6.07, 6.45) is -5.50. The number of alkyl halides is 3. The number of para-hydroxylation sites is 1. The monoisotopic (exact) mass is 285 g/mol. The Morgan fingerprint density at radius 1 is 1.39 bits per heavy atom. The molecule has 0 aromatic heterocycles. The Labute approximate surface area is 109 Å². The van der Waals surface area contributed by atoms with Gasteiger partial charge in [0.15, 0.2) is 11.5 Å². The Bertz CT molecular complexity index is 385. The summed E-state index contributed by atoms with van der Waals surface area (Å²) in [5.41, 5.74) is 5.87. The van der Waals surface area contributed by atoms with E-state index in [1.165, 1.54) is 19.2 Å². The zero-order chi connectivity index (χ0) is 13.1. The molecule has 0 saturated heterocycles. The molecule has 0 spiro atoms. The fourth-order valence-corrected chi connectivity index (χ4v) is 1.48. The molecule has 104 valence electrons. The maximum absolute atomic E-state index is 12.0. The first-order valence-corrected chi connectivity index (χ1v) is 5.03. The van der Waals surface area contributed by atoms with E-state index in [2.05, 4.69) is 0 Å². The Kier molecular flexibility index (Phi) is 6.28. The first-order chi connectivity index (χ1) is 7.85. The minimum absolute atomic E-state index is 0. The van der Waals surface area contributed by atoms with Crippen LogP contribution in [0.25, 0.3) is 0 Å². The van der Waals surface area contributed by atoms with Gasteiger partial charge in [-0.2, -0.15) is 13.2 Å². The largest absolute Gasteiger partial charge is 0.504 e. The number of phenolic OH excluding ortho intramolecular Hbond substituents is 1. The van der Waals surface area contributed by atoms with Crippen LogP contribution in [-0.4, -0.2) is 18.4 Å². The highest BCUT2D eigenvalue weighted by molar-refractivity contribution is 5.85. The van der Waals surface area contributed by atoms with Crippen LogP contribution in [0.1, 0.15) is 24.4 Å². The summed E-state index contributed by atoms with van der Waals surface area (Å²) in [7, 11) is 1.36. The molecule has 0 heterocycles. The van der Waals surface area contributed by atoms with Crippen LogP contribution in [0.2, 0.25) is 0 Å². The van der Waals surface area contributed by atoms with Crippen molar-refractivity contribution in [2.45, 2.75) is 25.1 Å². The lowest BCUT2D eigenvalue weighted by Crippen LogP contribution is -2.16. The van der Waals surface area contributed by atoms with Gasteiger partial charge in [0.05, 0.1) is 7.11 Å². The number of benzene rings is 1. The maximum atomic E-state index is 12.0.